The van der Waals surface area contributed by atoms with Crippen LogP contribution in [0, 0.1) is 6.92 Å². The van der Waals surface area contributed by atoms with Crippen molar-refractivity contribution in [1.82, 2.24) is 9.55 Å². The number of hydrogen-bond donors (Lipinski definition) is 0. The monoisotopic (exact) mass is 320 g/mol. The van der Waals surface area contributed by atoms with Gasteiger partial charge in [-0.15, -0.1) is 11.6 Å². The fourth-order valence-electron chi connectivity index (χ4n) is 2.43. The van der Waals surface area contributed by atoms with Crippen molar-refractivity contribution in [3.63, 3.8) is 0 Å². The molecule has 21 heavy (non-hydrogen) atoms. The van der Waals surface area contributed by atoms with E-state index in [1.807, 2.05) is 35.8 Å². The van der Waals surface area contributed by atoms with Gasteiger partial charge in [0.25, 0.3) is 0 Å². The summed E-state index contributed by atoms with van der Waals surface area (Å²) < 4.78 is 7.45. The van der Waals surface area contributed by atoms with E-state index in [-0.39, 0.29) is 0 Å². The molecule has 0 N–H and O–H groups in total. The Morgan fingerprint density at radius 1 is 1.19 bits per heavy atom. The molecule has 0 saturated carbocycles. The van der Waals surface area contributed by atoms with Crippen molar-refractivity contribution >= 4 is 34.2 Å². The van der Waals surface area contributed by atoms with Gasteiger partial charge < -0.3 is 4.74 Å². The molecule has 1 aromatic heterocycles. The topological polar surface area (TPSA) is 27.1 Å². The van der Waals surface area contributed by atoms with Crippen molar-refractivity contribution in [3.8, 4) is 11.4 Å². The number of rotatable bonds is 3. The summed E-state index contributed by atoms with van der Waals surface area (Å²) in [5.41, 5.74) is 3.89. The first kappa shape index (κ1) is 14.2. The quantitative estimate of drug-likeness (QED) is 0.652. The molecule has 108 valence electrons. The maximum Gasteiger partial charge on any atom is 0.143 e. The molecule has 0 aliphatic rings. The number of ether oxygens (including phenoxy) is 1. The van der Waals surface area contributed by atoms with E-state index in [9.17, 15) is 0 Å². The van der Waals surface area contributed by atoms with Crippen LogP contribution in [0.3, 0.4) is 0 Å². The van der Waals surface area contributed by atoms with Crippen LogP contribution < -0.4 is 4.74 Å². The van der Waals surface area contributed by atoms with E-state index in [1.54, 1.807) is 13.2 Å². The normalized spacial score (nSPS) is 11.0. The lowest BCUT2D eigenvalue weighted by atomic mass is 10.2. The molecule has 3 nitrogen and oxygen atoms in total. The smallest absolute Gasteiger partial charge is 0.143 e. The lowest BCUT2D eigenvalue weighted by molar-refractivity contribution is 0.413. The standard InChI is InChI=1S/C16H14Cl2N2O/c1-10-3-5-12-13(7-10)20(16(9-17)19-12)14-8-11(18)4-6-15(14)21-2/h3-8H,9H2,1-2H3. The minimum absolute atomic E-state index is 0.309. The zero-order valence-electron chi connectivity index (χ0n) is 11.7. The summed E-state index contributed by atoms with van der Waals surface area (Å²) in [6.07, 6.45) is 0. The highest BCUT2D eigenvalue weighted by molar-refractivity contribution is 6.30. The molecule has 2 aromatic carbocycles. The van der Waals surface area contributed by atoms with Crippen LogP contribution in [0.2, 0.25) is 5.02 Å². The van der Waals surface area contributed by atoms with Crippen LogP contribution in [0.1, 0.15) is 11.4 Å². The van der Waals surface area contributed by atoms with Crippen molar-refractivity contribution in [2.24, 2.45) is 0 Å². The highest BCUT2D eigenvalue weighted by atomic mass is 35.5. The molecule has 0 aliphatic carbocycles. The molecule has 0 radical (unpaired) electrons. The van der Waals surface area contributed by atoms with E-state index in [4.69, 9.17) is 27.9 Å². The Bertz CT molecular complexity index is 811. The van der Waals surface area contributed by atoms with Gasteiger partial charge in [-0.25, -0.2) is 4.98 Å². The molecule has 0 aliphatic heterocycles. The number of methoxy groups -OCH3 is 1. The summed E-state index contributed by atoms with van der Waals surface area (Å²) in [6, 6.07) is 11.6. The van der Waals surface area contributed by atoms with E-state index >= 15 is 0 Å². The number of fused-ring (bicyclic) bond motifs is 1. The fourth-order valence-corrected chi connectivity index (χ4v) is 2.78. The van der Waals surface area contributed by atoms with Crippen LogP contribution in [-0.4, -0.2) is 16.7 Å². The van der Waals surface area contributed by atoms with E-state index in [0.29, 0.717) is 10.9 Å². The van der Waals surface area contributed by atoms with Gasteiger partial charge in [0.2, 0.25) is 0 Å². The third kappa shape index (κ3) is 2.47. The van der Waals surface area contributed by atoms with Crippen LogP contribution in [0.15, 0.2) is 36.4 Å². The Morgan fingerprint density at radius 2 is 2.00 bits per heavy atom. The van der Waals surface area contributed by atoms with Crippen LogP contribution in [0.25, 0.3) is 16.7 Å². The van der Waals surface area contributed by atoms with Crippen molar-refractivity contribution in [2.75, 3.05) is 7.11 Å². The lowest BCUT2D eigenvalue weighted by Crippen LogP contribution is -2.02. The molecule has 3 rings (SSSR count). The van der Waals surface area contributed by atoms with Crippen molar-refractivity contribution < 1.29 is 4.74 Å². The first-order chi connectivity index (χ1) is 10.1. The number of benzene rings is 2. The van der Waals surface area contributed by atoms with E-state index in [0.717, 1.165) is 33.9 Å². The number of nitrogens with zero attached hydrogens (tertiary/aromatic N) is 2. The zero-order valence-corrected chi connectivity index (χ0v) is 13.2. The molecule has 0 amide bonds. The van der Waals surface area contributed by atoms with Gasteiger partial charge in [0, 0.05) is 5.02 Å². The Kier molecular flexibility index (Phi) is 3.79. The minimum atomic E-state index is 0.309. The Morgan fingerprint density at radius 3 is 2.71 bits per heavy atom. The molecule has 3 aromatic rings. The number of aryl methyl sites for hydroxylation is 1. The highest BCUT2D eigenvalue weighted by Crippen LogP contribution is 2.31. The van der Waals surface area contributed by atoms with Gasteiger partial charge in [0.15, 0.2) is 0 Å². The summed E-state index contributed by atoms with van der Waals surface area (Å²) in [5, 5.41) is 0.640. The second kappa shape index (κ2) is 5.58. The molecule has 0 atom stereocenters. The average Bonchev–Trinajstić information content (AvgIpc) is 2.84. The van der Waals surface area contributed by atoms with Gasteiger partial charge in [-0.3, -0.25) is 4.57 Å². The molecule has 0 saturated heterocycles. The van der Waals surface area contributed by atoms with Gasteiger partial charge in [-0.2, -0.15) is 0 Å². The summed E-state index contributed by atoms with van der Waals surface area (Å²) in [6.45, 7) is 2.05. The van der Waals surface area contributed by atoms with Crippen molar-refractivity contribution in [1.29, 1.82) is 0 Å². The van der Waals surface area contributed by atoms with Gasteiger partial charge in [0.1, 0.15) is 11.6 Å². The number of imidazole rings is 1. The van der Waals surface area contributed by atoms with Gasteiger partial charge in [0.05, 0.1) is 29.7 Å². The van der Waals surface area contributed by atoms with Crippen LogP contribution in [0.5, 0.6) is 5.75 Å². The van der Waals surface area contributed by atoms with Crippen LogP contribution >= 0.6 is 23.2 Å². The zero-order chi connectivity index (χ0) is 15.0. The third-order valence-electron chi connectivity index (χ3n) is 3.38. The van der Waals surface area contributed by atoms with Crippen molar-refractivity contribution in [3.05, 3.63) is 52.8 Å². The predicted octanol–water partition coefficient (Wildman–Crippen LogP) is 4.73. The second-order valence-electron chi connectivity index (χ2n) is 4.81. The molecule has 0 unspecified atom stereocenters. The summed E-state index contributed by atoms with van der Waals surface area (Å²) >= 11 is 12.2. The van der Waals surface area contributed by atoms with Crippen molar-refractivity contribution in [2.45, 2.75) is 12.8 Å². The fraction of sp³-hybridized carbons (Fsp3) is 0.188. The van der Waals surface area contributed by atoms with E-state index in [2.05, 4.69) is 11.1 Å². The second-order valence-corrected chi connectivity index (χ2v) is 5.51. The molecular formula is C16H14Cl2N2O. The summed E-state index contributed by atoms with van der Waals surface area (Å²) in [7, 11) is 1.64. The number of hydrogen-bond acceptors (Lipinski definition) is 2. The average molecular weight is 321 g/mol. The van der Waals surface area contributed by atoms with Gasteiger partial charge in [-0.05, 0) is 42.8 Å². The Labute approximate surface area is 133 Å². The molecule has 0 spiro atoms. The Balaban J connectivity index is 2.38. The lowest BCUT2D eigenvalue weighted by Gasteiger charge is -2.13. The highest BCUT2D eigenvalue weighted by Gasteiger charge is 2.15. The first-order valence-corrected chi connectivity index (χ1v) is 7.43. The van der Waals surface area contributed by atoms with Gasteiger partial charge >= 0.3 is 0 Å². The number of halogens is 2. The predicted molar refractivity (Wildman–Crippen MR) is 86.9 cm³/mol. The summed E-state index contributed by atoms with van der Waals surface area (Å²) in [4.78, 5) is 4.59. The Hall–Kier alpha value is -1.71. The SMILES string of the molecule is COc1ccc(Cl)cc1-n1c(CCl)nc2ccc(C)cc21. The molecule has 0 fully saturated rings. The first-order valence-electron chi connectivity index (χ1n) is 6.52. The third-order valence-corrected chi connectivity index (χ3v) is 3.85. The van der Waals surface area contributed by atoms with E-state index in [1.165, 1.54) is 0 Å². The molecule has 5 heteroatoms. The maximum atomic E-state index is 6.15. The van der Waals surface area contributed by atoms with Gasteiger partial charge in [-0.1, -0.05) is 17.7 Å². The molecule has 0 bridgehead atoms. The summed E-state index contributed by atoms with van der Waals surface area (Å²) in [5.74, 6) is 1.80. The number of alkyl halides is 1. The van der Waals surface area contributed by atoms with Crippen LogP contribution in [0.4, 0.5) is 0 Å². The van der Waals surface area contributed by atoms with Crippen LogP contribution in [-0.2, 0) is 5.88 Å². The number of aromatic nitrogens is 2. The minimum Gasteiger partial charge on any atom is -0.495 e. The molecule has 1 heterocycles. The molecular weight excluding hydrogens is 307 g/mol. The van der Waals surface area contributed by atoms with E-state index < -0.39 is 0 Å². The largest absolute Gasteiger partial charge is 0.495 e. The maximum absolute atomic E-state index is 6.15.